The lowest BCUT2D eigenvalue weighted by molar-refractivity contribution is -0.526. The molecule has 0 aliphatic heterocycles. The van der Waals surface area contributed by atoms with Gasteiger partial charge in [0, 0.05) is 27.4 Å². The first-order valence-electron chi connectivity index (χ1n) is 5.48. The fourth-order valence-corrected chi connectivity index (χ4v) is 0.941. The third kappa shape index (κ3) is 9.42. The number of methoxy groups -OCH3 is 2. The van der Waals surface area contributed by atoms with E-state index in [9.17, 15) is 0 Å². The van der Waals surface area contributed by atoms with Crippen LogP contribution in [0.25, 0.3) is 0 Å². The minimum absolute atomic E-state index is 0.108. The second kappa shape index (κ2) is 12.2. The first-order valence-corrected chi connectivity index (χ1v) is 5.48. The molecule has 0 amide bonds. The maximum atomic E-state index is 5.15. The Labute approximate surface area is 102 Å². The molecule has 0 N–H and O–H groups in total. The molecule has 0 saturated heterocycles. The smallest absolute Gasteiger partial charge is 0.183 e. The minimum Gasteiger partial charge on any atom is -0.353 e. The van der Waals surface area contributed by atoms with Gasteiger partial charge in [-0.25, -0.2) is 9.78 Å². The molecule has 17 heavy (non-hydrogen) atoms. The number of hydrogen-bond donors (Lipinski definition) is 0. The highest BCUT2D eigenvalue weighted by Crippen LogP contribution is 1.98. The molecular weight excluding hydrogens is 232 g/mol. The Morgan fingerprint density at radius 2 is 1.18 bits per heavy atom. The van der Waals surface area contributed by atoms with Gasteiger partial charge in [-0.15, -0.1) is 0 Å². The summed E-state index contributed by atoms with van der Waals surface area (Å²) in [5, 5.41) is 4.47. The summed E-state index contributed by atoms with van der Waals surface area (Å²) in [6.07, 6.45) is -0.956. The van der Waals surface area contributed by atoms with E-state index >= 15 is 0 Å². The van der Waals surface area contributed by atoms with E-state index in [4.69, 9.17) is 28.7 Å². The minimum atomic E-state index is -0.478. The Morgan fingerprint density at radius 1 is 0.765 bits per heavy atom. The van der Waals surface area contributed by atoms with Gasteiger partial charge >= 0.3 is 0 Å². The fraction of sp³-hybridized carbons (Fsp3) is 1.00. The number of ether oxygens (including phenoxy) is 4. The summed E-state index contributed by atoms with van der Waals surface area (Å²) in [4.78, 5) is 9.46. The summed E-state index contributed by atoms with van der Waals surface area (Å²) in [7, 11) is 3.03. The zero-order valence-corrected chi connectivity index (χ0v) is 10.8. The largest absolute Gasteiger partial charge is 0.353 e. The van der Waals surface area contributed by atoms with Crippen molar-refractivity contribution in [3.05, 3.63) is 0 Å². The average Bonchev–Trinajstić information content (AvgIpc) is 2.35. The van der Waals surface area contributed by atoms with Crippen LogP contribution in [0.4, 0.5) is 0 Å². The van der Waals surface area contributed by atoms with Crippen molar-refractivity contribution in [2.45, 2.75) is 26.4 Å². The van der Waals surface area contributed by atoms with Gasteiger partial charge in [-0.3, -0.25) is 0 Å². The van der Waals surface area contributed by atoms with Crippen LogP contribution in [-0.2, 0) is 33.8 Å². The molecule has 0 aromatic heterocycles. The normalized spacial score (nSPS) is 14.8. The van der Waals surface area contributed by atoms with E-state index in [1.54, 1.807) is 0 Å². The van der Waals surface area contributed by atoms with Gasteiger partial charge < -0.3 is 18.9 Å². The van der Waals surface area contributed by atoms with E-state index in [1.807, 2.05) is 13.8 Å². The van der Waals surface area contributed by atoms with Crippen molar-refractivity contribution in [2.75, 3.05) is 40.6 Å². The van der Waals surface area contributed by atoms with Crippen molar-refractivity contribution in [2.24, 2.45) is 0 Å². The summed E-state index contributed by atoms with van der Waals surface area (Å²) < 4.78 is 20.2. The lowest BCUT2D eigenvalue weighted by Crippen LogP contribution is -2.24. The molecule has 0 aliphatic rings. The molecule has 0 fully saturated rings. The third-order valence-corrected chi connectivity index (χ3v) is 1.74. The van der Waals surface area contributed by atoms with Gasteiger partial charge in [0.2, 0.25) is 0 Å². The van der Waals surface area contributed by atoms with Crippen LogP contribution in [0.15, 0.2) is 0 Å². The lowest BCUT2D eigenvalue weighted by atomic mass is 10.7. The SMILES string of the molecule is CCOC(COOOCC(OC)OCC)OC. The van der Waals surface area contributed by atoms with Crippen LogP contribution in [0.5, 0.6) is 0 Å². The van der Waals surface area contributed by atoms with Crippen LogP contribution in [0.2, 0.25) is 0 Å². The van der Waals surface area contributed by atoms with E-state index in [0.29, 0.717) is 13.2 Å². The molecule has 0 aromatic carbocycles. The van der Waals surface area contributed by atoms with Gasteiger partial charge in [-0.2, -0.15) is 0 Å². The van der Waals surface area contributed by atoms with Crippen molar-refractivity contribution < 1.29 is 33.8 Å². The topological polar surface area (TPSA) is 64.6 Å². The summed E-state index contributed by atoms with van der Waals surface area (Å²) in [5.74, 6) is 0. The van der Waals surface area contributed by atoms with Gasteiger partial charge in [-0.05, 0) is 13.8 Å². The predicted molar refractivity (Wildman–Crippen MR) is 57.8 cm³/mol. The van der Waals surface area contributed by atoms with E-state index < -0.39 is 12.6 Å². The van der Waals surface area contributed by atoms with Crippen molar-refractivity contribution in [3.8, 4) is 0 Å². The van der Waals surface area contributed by atoms with Crippen LogP contribution < -0.4 is 0 Å². The summed E-state index contributed by atoms with van der Waals surface area (Å²) in [5.41, 5.74) is 0. The molecule has 2 unspecified atom stereocenters. The van der Waals surface area contributed by atoms with Crippen LogP contribution >= 0.6 is 0 Å². The second-order valence-corrected chi connectivity index (χ2v) is 2.88. The average molecular weight is 254 g/mol. The molecule has 0 rings (SSSR count). The molecule has 0 spiro atoms. The predicted octanol–water partition coefficient (Wildman–Crippen LogP) is 0.884. The highest BCUT2D eigenvalue weighted by molar-refractivity contribution is 4.36. The zero-order chi connectivity index (χ0) is 12.9. The molecule has 0 aliphatic carbocycles. The van der Waals surface area contributed by atoms with E-state index in [2.05, 4.69) is 5.04 Å². The number of hydrogen-bond acceptors (Lipinski definition) is 7. The van der Waals surface area contributed by atoms with Crippen molar-refractivity contribution >= 4 is 0 Å². The molecule has 0 heterocycles. The van der Waals surface area contributed by atoms with Gasteiger partial charge in [0.15, 0.2) is 12.6 Å². The van der Waals surface area contributed by atoms with Crippen LogP contribution in [0.1, 0.15) is 13.8 Å². The van der Waals surface area contributed by atoms with E-state index in [-0.39, 0.29) is 13.2 Å². The van der Waals surface area contributed by atoms with Crippen LogP contribution in [0.3, 0.4) is 0 Å². The van der Waals surface area contributed by atoms with Gasteiger partial charge in [0.25, 0.3) is 0 Å². The molecular formula is C10H22O7. The molecule has 0 radical (unpaired) electrons. The van der Waals surface area contributed by atoms with Crippen LogP contribution in [-0.4, -0.2) is 53.2 Å². The van der Waals surface area contributed by atoms with Gasteiger partial charge in [-0.1, -0.05) is 5.04 Å². The lowest BCUT2D eigenvalue weighted by Gasteiger charge is -2.15. The molecule has 104 valence electrons. The summed E-state index contributed by atoms with van der Waals surface area (Å²) in [6, 6.07) is 0. The first kappa shape index (κ1) is 16.7. The molecule has 0 saturated carbocycles. The quantitative estimate of drug-likeness (QED) is 0.222. The fourth-order valence-electron chi connectivity index (χ4n) is 0.941. The third-order valence-electron chi connectivity index (χ3n) is 1.74. The number of rotatable bonds is 12. The van der Waals surface area contributed by atoms with Crippen LogP contribution in [0, 0.1) is 0 Å². The monoisotopic (exact) mass is 254 g/mol. The van der Waals surface area contributed by atoms with Crippen molar-refractivity contribution in [1.29, 1.82) is 0 Å². The van der Waals surface area contributed by atoms with E-state index in [0.717, 1.165) is 0 Å². The second-order valence-electron chi connectivity index (χ2n) is 2.88. The Balaban J connectivity index is 3.43. The molecule has 2 atom stereocenters. The highest BCUT2D eigenvalue weighted by atomic mass is 17.5. The standard InChI is InChI=1S/C10H22O7/c1-5-13-9(11-3)7-15-17-16-8-10(12-4)14-6-2/h9-10H,5-8H2,1-4H3. The Bertz CT molecular complexity index is 140. The van der Waals surface area contributed by atoms with E-state index in [1.165, 1.54) is 14.2 Å². The Kier molecular flexibility index (Phi) is 12.0. The van der Waals surface area contributed by atoms with Gasteiger partial charge in [0.05, 0.1) is 0 Å². The molecule has 0 bridgehead atoms. The maximum absolute atomic E-state index is 5.15. The highest BCUT2D eigenvalue weighted by Gasteiger charge is 2.09. The van der Waals surface area contributed by atoms with Crippen molar-refractivity contribution in [3.63, 3.8) is 0 Å². The van der Waals surface area contributed by atoms with Crippen molar-refractivity contribution in [1.82, 2.24) is 0 Å². The molecule has 7 nitrogen and oxygen atoms in total. The Morgan fingerprint density at radius 3 is 1.47 bits per heavy atom. The summed E-state index contributed by atoms with van der Waals surface area (Å²) >= 11 is 0. The Hall–Kier alpha value is -0.280. The summed E-state index contributed by atoms with van der Waals surface area (Å²) in [6.45, 7) is 4.98. The molecule has 0 aromatic rings. The molecule has 7 heteroatoms. The first-order chi connectivity index (χ1) is 8.28. The zero-order valence-electron chi connectivity index (χ0n) is 10.8. The maximum Gasteiger partial charge on any atom is 0.183 e. The van der Waals surface area contributed by atoms with Gasteiger partial charge in [0.1, 0.15) is 13.2 Å².